The molecule has 0 unspecified atom stereocenters. The first-order valence-corrected chi connectivity index (χ1v) is 15.1. The van der Waals surface area contributed by atoms with Gasteiger partial charge in [-0.1, -0.05) is 52.8 Å². The topological polar surface area (TPSA) is 120 Å². The molecule has 2 aromatic carbocycles. The van der Waals surface area contributed by atoms with E-state index in [1.807, 2.05) is 13.8 Å². The van der Waals surface area contributed by atoms with Crippen LogP contribution in [0.3, 0.4) is 0 Å². The molecular formula is C33H48F2N4O5. The molecule has 3 atom stereocenters. The summed E-state index contributed by atoms with van der Waals surface area (Å²) in [4.78, 5) is 41.2. The Bertz CT molecular complexity index is 1250. The molecule has 0 heterocycles. The molecular weight excluding hydrogens is 570 g/mol. The summed E-state index contributed by atoms with van der Waals surface area (Å²) in [7, 11) is 3.56. The van der Waals surface area contributed by atoms with Crippen molar-refractivity contribution in [3.8, 4) is 11.5 Å². The quantitative estimate of drug-likeness (QED) is 0.200. The summed E-state index contributed by atoms with van der Waals surface area (Å²) in [6, 6.07) is 6.95. The number of carbonyl (C=O) groups is 3. The van der Waals surface area contributed by atoms with Gasteiger partial charge in [0.05, 0.1) is 6.61 Å². The number of rotatable bonds is 17. The lowest BCUT2D eigenvalue weighted by Crippen LogP contribution is -2.58. The van der Waals surface area contributed by atoms with Crippen LogP contribution in [-0.2, 0) is 27.2 Å². The second kappa shape index (κ2) is 17.5. The normalized spacial score (nSPS) is 13.5. The summed E-state index contributed by atoms with van der Waals surface area (Å²) in [5, 5.41) is 17.8. The van der Waals surface area contributed by atoms with E-state index >= 15 is 0 Å². The largest absolute Gasteiger partial charge is 0.505 e. The molecule has 44 heavy (non-hydrogen) atoms. The van der Waals surface area contributed by atoms with Crippen molar-refractivity contribution in [3.63, 3.8) is 0 Å². The predicted octanol–water partition coefficient (Wildman–Crippen LogP) is 3.82. The van der Waals surface area contributed by atoms with Crippen molar-refractivity contribution in [3.05, 3.63) is 59.2 Å². The number of benzene rings is 2. The van der Waals surface area contributed by atoms with E-state index in [0.29, 0.717) is 31.6 Å². The monoisotopic (exact) mass is 618 g/mol. The Balaban J connectivity index is 1.99. The molecule has 4 N–H and O–H groups in total. The summed E-state index contributed by atoms with van der Waals surface area (Å²) in [5.74, 6) is -3.30. The molecule has 3 amide bonds. The summed E-state index contributed by atoms with van der Waals surface area (Å²) in [5.41, 5.74) is 1.26. The van der Waals surface area contributed by atoms with Crippen molar-refractivity contribution in [1.82, 2.24) is 20.9 Å². The molecule has 0 aliphatic heterocycles. The number of halogens is 2. The van der Waals surface area contributed by atoms with Crippen LogP contribution in [0.15, 0.2) is 36.4 Å². The molecule has 2 rings (SSSR count). The Morgan fingerprint density at radius 2 is 1.64 bits per heavy atom. The summed E-state index contributed by atoms with van der Waals surface area (Å²) >= 11 is 0. The van der Waals surface area contributed by atoms with Crippen molar-refractivity contribution in [2.24, 2.45) is 17.8 Å². The van der Waals surface area contributed by atoms with E-state index in [9.17, 15) is 28.3 Å². The zero-order chi connectivity index (χ0) is 33.0. The van der Waals surface area contributed by atoms with Crippen LogP contribution in [0.1, 0.15) is 52.2 Å². The first kappa shape index (κ1) is 36.5. The van der Waals surface area contributed by atoms with E-state index in [0.717, 1.165) is 5.56 Å². The number of amides is 3. The number of hydrogen-bond donors (Lipinski definition) is 4. The predicted molar refractivity (Wildman–Crippen MR) is 166 cm³/mol. The second-order valence-corrected chi connectivity index (χ2v) is 12.3. The van der Waals surface area contributed by atoms with Gasteiger partial charge in [-0.05, 0) is 74.5 Å². The van der Waals surface area contributed by atoms with Crippen molar-refractivity contribution in [2.45, 2.75) is 66.0 Å². The molecule has 11 heteroatoms. The zero-order valence-corrected chi connectivity index (χ0v) is 26.9. The van der Waals surface area contributed by atoms with Crippen LogP contribution in [0, 0.1) is 29.4 Å². The van der Waals surface area contributed by atoms with Gasteiger partial charge in [-0.2, -0.15) is 0 Å². The van der Waals surface area contributed by atoms with E-state index < -0.39 is 47.2 Å². The fraction of sp³-hybridized carbons (Fsp3) is 0.545. The molecule has 0 aliphatic rings. The standard InChI is InChI=1S/C33H48F2N4O5/c1-20(2)19-44-30-24(10-8-12-25(30)34)11-9-15-36-32(42)27(18-39(6)7)37-33(43)29(21(3)4)38-31(41)22(5)16-23-13-14-28(40)26(35)17-23/h8,10,12-14,17,20-22,27,29,40H,9,11,15-16,18-19H2,1-7H3,(H,36,42)(H,37,43)(H,38,41)/t22-,27+,29-/m1/s1. The van der Waals surface area contributed by atoms with Gasteiger partial charge in [0, 0.05) is 19.0 Å². The number of phenolic OH excluding ortho intramolecular Hbond substituents is 1. The van der Waals surface area contributed by atoms with Gasteiger partial charge in [-0.15, -0.1) is 0 Å². The Kier molecular flexibility index (Phi) is 14.5. The number of nitrogens with one attached hydrogen (secondary N) is 3. The molecule has 0 spiro atoms. The Morgan fingerprint density at radius 1 is 0.932 bits per heavy atom. The summed E-state index contributed by atoms with van der Waals surface area (Å²) in [6.45, 7) is 10.1. The van der Waals surface area contributed by atoms with Crippen LogP contribution >= 0.6 is 0 Å². The lowest BCUT2D eigenvalue weighted by atomic mass is 9.97. The third-order valence-corrected chi connectivity index (χ3v) is 6.96. The highest BCUT2D eigenvalue weighted by Crippen LogP contribution is 2.24. The van der Waals surface area contributed by atoms with Gasteiger partial charge >= 0.3 is 0 Å². The number of aromatic hydroxyl groups is 1. The highest BCUT2D eigenvalue weighted by molar-refractivity contribution is 5.92. The Morgan fingerprint density at radius 3 is 2.25 bits per heavy atom. The van der Waals surface area contributed by atoms with Crippen molar-refractivity contribution in [2.75, 3.05) is 33.8 Å². The molecule has 0 saturated carbocycles. The van der Waals surface area contributed by atoms with Crippen LogP contribution in [0.2, 0.25) is 0 Å². The minimum atomic E-state index is -0.906. The number of likely N-dealkylation sites (N-methyl/N-ethyl adjacent to an activating group) is 1. The van der Waals surface area contributed by atoms with E-state index in [2.05, 4.69) is 16.0 Å². The minimum absolute atomic E-state index is 0.210. The third kappa shape index (κ3) is 11.7. The SMILES string of the molecule is CC(C)COc1c(F)cccc1CCCNC(=O)[C@H](CN(C)C)NC(=O)[C@H](NC(=O)[C@H](C)Cc1ccc(O)c(F)c1)C(C)C. The van der Waals surface area contributed by atoms with Crippen LogP contribution in [0.5, 0.6) is 11.5 Å². The molecule has 0 aromatic heterocycles. The Labute approximate surface area is 259 Å². The first-order chi connectivity index (χ1) is 20.7. The maximum absolute atomic E-state index is 14.4. The van der Waals surface area contributed by atoms with Gasteiger partial charge in [0.15, 0.2) is 23.1 Å². The van der Waals surface area contributed by atoms with Crippen molar-refractivity contribution >= 4 is 17.7 Å². The number of hydrogen-bond acceptors (Lipinski definition) is 6. The number of aryl methyl sites for hydroxylation is 1. The Hall–Kier alpha value is -3.73. The maximum Gasteiger partial charge on any atom is 0.243 e. The molecule has 0 bridgehead atoms. The zero-order valence-electron chi connectivity index (χ0n) is 26.9. The number of phenols is 1. The average molecular weight is 619 g/mol. The highest BCUT2D eigenvalue weighted by Gasteiger charge is 2.30. The lowest BCUT2D eigenvalue weighted by Gasteiger charge is -2.27. The number of ether oxygens (including phenoxy) is 1. The van der Waals surface area contributed by atoms with Gasteiger partial charge < -0.3 is 30.7 Å². The van der Waals surface area contributed by atoms with E-state index in [4.69, 9.17) is 4.74 Å². The van der Waals surface area contributed by atoms with E-state index in [-0.39, 0.29) is 36.5 Å². The summed E-state index contributed by atoms with van der Waals surface area (Å²) < 4.78 is 33.8. The third-order valence-electron chi connectivity index (χ3n) is 6.96. The second-order valence-electron chi connectivity index (χ2n) is 12.3. The highest BCUT2D eigenvalue weighted by atomic mass is 19.1. The number of para-hydroxylation sites is 1. The van der Waals surface area contributed by atoms with Gasteiger partial charge in [0.25, 0.3) is 0 Å². The fourth-order valence-corrected chi connectivity index (χ4v) is 4.55. The molecule has 0 saturated heterocycles. The van der Waals surface area contributed by atoms with Gasteiger partial charge in [-0.3, -0.25) is 14.4 Å². The van der Waals surface area contributed by atoms with E-state index in [1.165, 1.54) is 24.3 Å². The molecule has 244 valence electrons. The molecule has 9 nitrogen and oxygen atoms in total. The van der Waals surface area contributed by atoms with Crippen LogP contribution in [-0.4, -0.2) is 73.6 Å². The molecule has 0 aliphatic carbocycles. The van der Waals surface area contributed by atoms with Crippen LogP contribution in [0.4, 0.5) is 8.78 Å². The molecule has 2 aromatic rings. The summed E-state index contributed by atoms with van der Waals surface area (Å²) in [6.07, 6.45) is 1.23. The molecule has 0 radical (unpaired) electrons. The number of nitrogens with zero attached hydrogens (tertiary/aromatic N) is 1. The van der Waals surface area contributed by atoms with Crippen LogP contribution < -0.4 is 20.7 Å². The average Bonchev–Trinajstić information content (AvgIpc) is 2.94. The minimum Gasteiger partial charge on any atom is -0.505 e. The fourth-order valence-electron chi connectivity index (χ4n) is 4.55. The van der Waals surface area contributed by atoms with Gasteiger partial charge in [0.1, 0.15) is 12.1 Å². The van der Waals surface area contributed by atoms with E-state index in [1.54, 1.807) is 51.9 Å². The van der Waals surface area contributed by atoms with Crippen molar-refractivity contribution < 1.29 is 33.0 Å². The van der Waals surface area contributed by atoms with Crippen molar-refractivity contribution in [1.29, 1.82) is 0 Å². The first-order valence-electron chi connectivity index (χ1n) is 15.1. The van der Waals surface area contributed by atoms with Gasteiger partial charge in [-0.25, -0.2) is 8.78 Å². The van der Waals surface area contributed by atoms with Gasteiger partial charge in [0.2, 0.25) is 17.7 Å². The number of carbonyl (C=O) groups excluding carboxylic acids is 3. The smallest absolute Gasteiger partial charge is 0.243 e. The molecule has 0 fully saturated rings. The lowest BCUT2D eigenvalue weighted by molar-refractivity contribution is -0.134. The maximum atomic E-state index is 14.4. The van der Waals surface area contributed by atoms with Crippen LogP contribution in [0.25, 0.3) is 0 Å².